The Balaban J connectivity index is 1.34. The molecule has 2 aromatic carbocycles. The molecule has 0 aliphatic carbocycles. The number of fused-ring (bicyclic) bond motifs is 1. The van der Waals surface area contributed by atoms with E-state index in [-0.39, 0.29) is 43.3 Å². The summed E-state index contributed by atoms with van der Waals surface area (Å²) in [6, 6.07) is 9.64. The highest BCUT2D eigenvalue weighted by atomic mass is 32.2. The Morgan fingerprint density at radius 1 is 1.13 bits per heavy atom. The zero-order valence-electron chi connectivity index (χ0n) is 15.8. The van der Waals surface area contributed by atoms with Crippen LogP contribution in [0.1, 0.15) is 18.7 Å². The van der Waals surface area contributed by atoms with E-state index in [9.17, 15) is 22.0 Å². The van der Waals surface area contributed by atoms with E-state index in [1.807, 2.05) is 12.1 Å². The van der Waals surface area contributed by atoms with Gasteiger partial charge >= 0.3 is 5.97 Å². The quantitative estimate of drug-likeness (QED) is 0.571. The number of ether oxygens (including phenoxy) is 1. The molecule has 30 heavy (non-hydrogen) atoms. The molecule has 0 unspecified atom stereocenters. The zero-order valence-corrected chi connectivity index (χ0v) is 16.6. The SMILES string of the molecule is O=C(OCc1nc2ccccc2o1)C1CCN(S(=O)(=O)c2ccc(F)c(F)c2)CC1. The minimum atomic E-state index is -3.97. The van der Waals surface area contributed by atoms with Gasteiger partial charge in [-0.25, -0.2) is 22.2 Å². The number of aromatic nitrogens is 1. The summed E-state index contributed by atoms with van der Waals surface area (Å²) in [6.07, 6.45) is 0.518. The minimum absolute atomic E-state index is 0.0734. The van der Waals surface area contributed by atoms with Gasteiger partial charge in [-0.2, -0.15) is 4.31 Å². The van der Waals surface area contributed by atoms with Crippen molar-refractivity contribution in [3.05, 3.63) is 60.0 Å². The van der Waals surface area contributed by atoms with Crippen LogP contribution in [0.4, 0.5) is 8.78 Å². The Kier molecular flexibility index (Phi) is 5.52. The average molecular weight is 436 g/mol. The van der Waals surface area contributed by atoms with Crippen molar-refractivity contribution in [1.29, 1.82) is 0 Å². The van der Waals surface area contributed by atoms with Crippen LogP contribution in [-0.2, 0) is 26.2 Å². The second kappa shape index (κ2) is 8.11. The highest BCUT2D eigenvalue weighted by Gasteiger charge is 2.33. The number of halogens is 2. The highest BCUT2D eigenvalue weighted by Crippen LogP contribution is 2.26. The molecule has 0 N–H and O–H groups in total. The van der Waals surface area contributed by atoms with Crippen molar-refractivity contribution in [1.82, 2.24) is 9.29 Å². The van der Waals surface area contributed by atoms with E-state index in [0.717, 1.165) is 16.4 Å². The summed E-state index contributed by atoms with van der Waals surface area (Å²) in [5, 5.41) is 0. The Bertz CT molecular complexity index is 1150. The lowest BCUT2D eigenvalue weighted by atomic mass is 9.98. The van der Waals surface area contributed by atoms with E-state index < -0.39 is 33.5 Å². The first-order valence-electron chi connectivity index (χ1n) is 9.31. The number of benzene rings is 2. The fourth-order valence-electron chi connectivity index (χ4n) is 3.35. The summed E-state index contributed by atoms with van der Waals surface area (Å²) >= 11 is 0. The molecule has 3 aromatic rings. The zero-order chi connectivity index (χ0) is 21.3. The number of carbonyl (C=O) groups is 1. The highest BCUT2D eigenvalue weighted by molar-refractivity contribution is 7.89. The first-order chi connectivity index (χ1) is 14.3. The van der Waals surface area contributed by atoms with Crippen molar-refractivity contribution in [3.8, 4) is 0 Å². The molecule has 0 bridgehead atoms. The molecule has 10 heteroatoms. The van der Waals surface area contributed by atoms with Gasteiger partial charge in [-0.1, -0.05) is 12.1 Å². The number of hydrogen-bond acceptors (Lipinski definition) is 6. The molecule has 1 aliphatic rings. The van der Waals surface area contributed by atoms with E-state index >= 15 is 0 Å². The number of sulfonamides is 1. The fraction of sp³-hybridized carbons (Fsp3) is 0.300. The maximum Gasteiger partial charge on any atom is 0.309 e. The lowest BCUT2D eigenvalue weighted by molar-refractivity contribution is -0.151. The van der Waals surface area contributed by atoms with Gasteiger partial charge < -0.3 is 9.15 Å². The third-order valence-electron chi connectivity index (χ3n) is 4.99. The van der Waals surface area contributed by atoms with Crippen LogP contribution in [0.3, 0.4) is 0 Å². The van der Waals surface area contributed by atoms with Crippen LogP contribution >= 0.6 is 0 Å². The van der Waals surface area contributed by atoms with Crippen molar-refractivity contribution in [2.45, 2.75) is 24.3 Å². The van der Waals surface area contributed by atoms with E-state index in [4.69, 9.17) is 9.15 Å². The van der Waals surface area contributed by atoms with Crippen molar-refractivity contribution in [3.63, 3.8) is 0 Å². The predicted octanol–water partition coefficient (Wildman–Crippen LogP) is 3.25. The maximum absolute atomic E-state index is 13.4. The number of esters is 1. The minimum Gasteiger partial charge on any atom is -0.455 e. The monoisotopic (exact) mass is 436 g/mol. The third kappa shape index (κ3) is 4.05. The molecule has 1 aliphatic heterocycles. The van der Waals surface area contributed by atoms with Crippen molar-refractivity contribution >= 4 is 27.1 Å². The first kappa shape index (κ1) is 20.4. The van der Waals surface area contributed by atoms with Gasteiger partial charge in [-0.05, 0) is 43.2 Å². The Morgan fingerprint density at radius 2 is 1.87 bits per heavy atom. The molecule has 1 fully saturated rings. The van der Waals surface area contributed by atoms with Crippen LogP contribution in [0, 0.1) is 17.6 Å². The number of carbonyl (C=O) groups excluding carboxylic acids is 1. The Labute approximate surface area is 171 Å². The van der Waals surface area contributed by atoms with Gasteiger partial charge in [-0.3, -0.25) is 4.79 Å². The van der Waals surface area contributed by atoms with Gasteiger partial charge in [0.2, 0.25) is 15.9 Å². The molecule has 0 spiro atoms. The molecule has 2 heterocycles. The van der Waals surface area contributed by atoms with Crippen LogP contribution in [0.25, 0.3) is 11.1 Å². The molecule has 1 saturated heterocycles. The van der Waals surface area contributed by atoms with Crippen molar-refractivity contribution in [2.75, 3.05) is 13.1 Å². The summed E-state index contributed by atoms with van der Waals surface area (Å²) < 4.78 is 63.7. The van der Waals surface area contributed by atoms with Crippen molar-refractivity contribution < 1.29 is 31.1 Å². The van der Waals surface area contributed by atoms with Crippen LogP contribution < -0.4 is 0 Å². The molecule has 0 atom stereocenters. The van der Waals surface area contributed by atoms with Crippen LogP contribution in [0.2, 0.25) is 0 Å². The number of hydrogen-bond donors (Lipinski definition) is 0. The van der Waals surface area contributed by atoms with Gasteiger partial charge in [-0.15, -0.1) is 0 Å². The summed E-state index contributed by atoms with van der Waals surface area (Å²) in [6.45, 7) is 0.0366. The maximum atomic E-state index is 13.4. The van der Waals surface area contributed by atoms with Gasteiger partial charge in [0.15, 0.2) is 23.8 Å². The average Bonchev–Trinajstić information content (AvgIpc) is 3.17. The van der Waals surface area contributed by atoms with E-state index in [0.29, 0.717) is 17.2 Å². The molecule has 7 nitrogen and oxygen atoms in total. The number of rotatable bonds is 5. The summed E-state index contributed by atoms with van der Waals surface area (Å²) in [4.78, 5) is 16.3. The molecule has 0 saturated carbocycles. The summed E-state index contributed by atoms with van der Waals surface area (Å²) in [7, 11) is -3.97. The number of piperidine rings is 1. The van der Waals surface area contributed by atoms with Gasteiger partial charge in [0.25, 0.3) is 0 Å². The smallest absolute Gasteiger partial charge is 0.309 e. The molecule has 1 aromatic heterocycles. The van der Waals surface area contributed by atoms with Crippen molar-refractivity contribution in [2.24, 2.45) is 5.92 Å². The largest absolute Gasteiger partial charge is 0.455 e. The predicted molar refractivity (Wildman–Crippen MR) is 102 cm³/mol. The van der Waals surface area contributed by atoms with Gasteiger partial charge in [0, 0.05) is 13.1 Å². The number of oxazole rings is 1. The lowest BCUT2D eigenvalue weighted by Gasteiger charge is -2.30. The molecule has 4 rings (SSSR count). The lowest BCUT2D eigenvalue weighted by Crippen LogP contribution is -2.40. The van der Waals surface area contributed by atoms with Gasteiger partial charge in [0.05, 0.1) is 10.8 Å². The number of para-hydroxylation sites is 2. The Morgan fingerprint density at radius 3 is 2.57 bits per heavy atom. The molecule has 0 radical (unpaired) electrons. The summed E-state index contributed by atoms with van der Waals surface area (Å²) in [5.74, 6) is -2.99. The van der Waals surface area contributed by atoms with Crippen LogP contribution in [0.5, 0.6) is 0 Å². The second-order valence-corrected chi connectivity index (χ2v) is 8.88. The molecular formula is C20H18F2N2O5S. The van der Waals surface area contributed by atoms with E-state index in [1.165, 1.54) is 0 Å². The standard InChI is InChI=1S/C20H18F2N2O5S/c21-15-6-5-14(11-16(15)22)30(26,27)24-9-7-13(8-10-24)20(25)28-12-19-23-17-3-1-2-4-18(17)29-19/h1-6,11,13H,7-10,12H2. The number of nitrogens with zero attached hydrogens (tertiary/aromatic N) is 2. The first-order valence-corrected chi connectivity index (χ1v) is 10.7. The van der Waals surface area contributed by atoms with E-state index in [1.54, 1.807) is 12.1 Å². The second-order valence-electron chi connectivity index (χ2n) is 6.94. The third-order valence-corrected chi connectivity index (χ3v) is 6.89. The fourth-order valence-corrected chi connectivity index (χ4v) is 4.83. The molecule has 0 amide bonds. The summed E-state index contributed by atoms with van der Waals surface area (Å²) in [5.41, 5.74) is 1.26. The van der Waals surface area contributed by atoms with Gasteiger partial charge in [0.1, 0.15) is 5.52 Å². The molecular weight excluding hydrogens is 418 g/mol. The normalized spacial score (nSPS) is 16.1. The van der Waals surface area contributed by atoms with Crippen LogP contribution in [-0.4, -0.2) is 36.8 Å². The topological polar surface area (TPSA) is 89.7 Å². The van der Waals surface area contributed by atoms with Crippen LogP contribution in [0.15, 0.2) is 51.8 Å². The molecule has 158 valence electrons. The van der Waals surface area contributed by atoms with E-state index in [2.05, 4.69) is 4.98 Å². The Hall–Kier alpha value is -2.85.